The largest absolute Gasteiger partial charge is 0.308 e. The van der Waals surface area contributed by atoms with Crippen LogP contribution in [0.4, 0.5) is 5.82 Å². The summed E-state index contributed by atoms with van der Waals surface area (Å²) in [6, 6.07) is 0. The van der Waals surface area contributed by atoms with E-state index in [9.17, 15) is 0 Å². The van der Waals surface area contributed by atoms with Crippen LogP contribution in [0.1, 0.15) is 43.5 Å². The second-order valence-corrected chi connectivity index (χ2v) is 6.93. The van der Waals surface area contributed by atoms with Crippen LogP contribution in [-0.2, 0) is 5.41 Å². The zero-order valence-electron chi connectivity index (χ0n) is 13.2. The van der Waals surface area contributed by atoms with E-state index in [1.807, 2.05) is 25.5 Å². The second kappa shape index (κ2) is 5.38. The number of halogens is 1. The van der Waals surface area contributed by atoms with Crippen LogP contribution in [0.15, 0.2) is 4.47 Å². The fourth-order valence-electron chi connectivity index (χ4n) is 2.02. The highest BCUT2D eigenvalue weighted by atomic mass is 79.9. The maximum Gasteiger partial charge on any atom is 0.162 e. The van der Waals surface area contributed by atoms with E-state index in [1.54, 1.807) is 0 Å². The van der Waals surface area contributed by atoms with E-state index in [2.05, 4.69) is 52.2 Å². The van der Waals surface area contributed by atoms with E-state index in [0.717, 1.165) is 33.1 Å². The number of nitrogens with two attached hydrogens (primary N) is 1. The highest BCUT2D eigenvalue weighted by molar-refractivity contribution is 9.10. The zero-order valence-corrected chi connectivity index (χ0v) is 14.8. The molecule has 21 heavy (non-hydrogen) atoms. The van der Waals surface area contributed by atoms with Gasteiger partial charge in [0.25, 0.3) is 0 Å². The smallest absolute Gasteiger partial charge is 0.162 e. The summed E-state index contributed by atoms with van der Waals surface area (Å²) in [6.45, 7) is 12.1. The van der Waals surface area contributed by atoms with Crippen molar-refractivity contribution in [3.05, 3.63) is 27.2 Å². The number of hydrogen-bond donors (Lipinski definition) is 2. The van der Waals surface area contributed by atoms with Gasteiger partial charge in [0.2, 0.25) is 0 Å². The summed E-state index contributed by atoms with van der Waals surface area (Å²) in [4.78, 5) is 9.22. The normalized spacial score (nSPS) is 11.8. The monoisotopic (exact) mass is 352 g/mol. The number of rotatable bonds is 2. The molecule has 0 fully saturated rings. The van der Waals surface area contributed by atoms with Gasteiger partial charge < -0.3 is 5.43 Å². The quantitative estimate of drug-likeness (QED) is 0.641. The van der Waals surface area contributed by atoms with E-state index in [4.69, 9.17) is 10.8 Å². The minimum Gasteiger partial charge on any atom is -0.308 e. The molecule has 6 nitrogen and oxygen atoms in total. The van der Waals surface area contributed by atoms with Crippen molar-refractivity contribution in [1.82, 2.24) is 19.7 Å². The predicted octanol–water partition coefficient (Wildman–Crippen LogP) is 2.93. The third-order valence-corrected chi connectivity index (χ3v) is 4.48. The first-order valence-electron chi connectivity index (χ1n) is 6.74. The van der Waals surface area contributed by atoms with Gasteiger partial charge in [0.15, 0.2) is 5.82 Å². The van der Waals surface area contributed by atoms with E-state index < -0.39 is 0 Å². The number of nitrogens with zero attached hydrogens (tertiary/aromatic N) is 4. The molecule has 114 valence electrons. The van der Waals surface area contributed by atoms with Gasteiger partial charge in [0.1, 0.15) is 11.6 Å². The lowest BCUT2D eigenvalue weighted by Gasteiger charge is -2.20. The third-order valence-electron chi connectivity index (χ3n) is 3.33. The minimum absolute atomic E-state index is 0.179. The highest BCUT2D eigenvalue weighted by Gasteiger charge is 2.23. The molecule has 7 heteroatoms. The molecule has 0 unspecified atom stereocenters. The molecule has 2 rings (SSSR count). The lowest BCUT2D eigenvalue weighted by atomic mass is 9.95. The summed E-state index contributed by atoms with van der Waals surface area (Å²) in [6.07, 6.45) is 0. The molecule has 0 aliphatic carbocycles. The van der Waals surface area contributed by atoms with Crippen LogP contribution in [0, 0.1) is 20.8 Å². The molecule has 0 bridgehead atoms. The number of aromatic nitrogens is 4. The molecule has 2 aromatic rings. The Balaban J connectivity index is 2.75. The van der Waals surface area contributed by atoms with Crippen LogP contribution in [-0.4, -0.2) is 19.7 Å². The Kier molecular flexibility index (Phi) is 4.08. The molecule has 0 aliphatic rings. The summed E-state index contributed by atoms with van der Waals surface area (Å²) >= 11 is 3.55. The Morgan fingerprint density at radius 2 is 1.76 bits per heavy atom. The molecule has 0 spiro atoms. The first kappa shape index (κ1) is 15.9. The molecule has 2 heterocycles. The van der Waals surface area contributed by atoms with Crippen molar-refractivity contribution in [2.75, 3.05) is 5.43 Å². The molecule has 3 N–H and O–H groups in total. The van der Waals surface area contributed by atoms with Crippen molar-refractivity contribution in [1.29, 1.82) is 0 Å². The zero-order chi connectivity index (χ0) is 15.9. The maximum atomic E-state index is 5.60. The van der Waals surface area contributed by atoms with Crippen LogP contribution in [0.3, 0.4) is 0 Å². The molecular formula is C14H21BrN6. The van der Waals surface area contributed by atoms with Crippen LogP contribution in [0.5, 0.6) is 0 Å². The average molecular weight is 353 g/mol. The first-order chi connectivity index (χ1) is 9.66. The molecule has 0 aliphatic heterocycles. The Labute approximate surface area is 133 Å². The van der Waals surface area contributed by atoms with Crippen LogP contribution >= 0.6 is 15.9 Å². The SMILES string of the molecule is Cc1nn(-c2nc(C(C)(C)C)nc(NN)c2C)c(C)c1Br. The third kappa shape index (κ3) is 2.80. The van der Waals surface area contributed by atoms with Crippen molar-refractivity contribution in [3.8, 4) is 5.82 Å². The van der Waals surface area contributed by atoms with Gasteiger partial charge in [-0.05, 0) is 36.7 Å². The van der Waals surface area contributed by atoms with E-state index in [-0.39, 0.29) is 5.41 Å². The molecule has 0 atom stereocenters. The van der Waals surface area contributed by atoms with Gasteiger partial charge >= 0.3 is 0 Å². The number of anilines is 1. The van der Waals surface area contributed by atoms with Gasteiger partial charge in [-0.15, -0.1) is 0 Å². The van der Waals surface area contributed by atoms with E-state index in [1.165, 1.54) is 0 Å². The van der Waals surface area contributed by atoms with Crippen molar-refractivity contribution >= 4 is 21.7 Å². The van der Waals surface area contributed by atoms with Gasteiger partial charge in [-0.25, -0.2) is 20.5 Å². The van der Waals surface area contributed by atoms with Crippen LogP contribution in [0.25, 0.3) is 5.82 Å². The molecule has 2 aromatic heterocycles. The van der Waals surface area contributed by atoms with Crippen molar-refractivity contribution in [2.24, 2.45) is 5.84 Å². The van der Waals surface area contributed by atoms with E-state index in [0.29, 0.717) is 5.82 Å². The predicted molar refractivity (Wildman–Crippen MR) is 87.6 cm³/mol. The molecule has 0 amide bonds. The van der Waals surface area contributed by atoms with Crippen molar-refractivity contribution in [3.63, 3.8) is 0 Å². The maximum absolute atomic E-state index is 5.60. The lowest BCUT2D eigenvalue weighted by molar-refractivity contribution is 0.541. The summed E-state index contributed by atoms with van der Waals surface area (Å²) in [7, 11) is 0. The fourth-order valence-corrected chi connectivity index (χ4v) is 2.26. The van der Waals surface area contributed by atoms with Gasteiger partial charge in [-0.3, -0.25) is 0 Å². The van der Waals surface area contributed by atoms with Gasteiger partial charge in [0, 0.05) is 11.0 Å². The summed E-state index contributed by atoms with van der Waals surface area (Å²) in [5.41, 5.74) is 5.26. The summed E-state index contributed by atoms with van der Waals surface area (Å²) in [5.74, 6) is 7.69. The van der Waals surface area contributed by atoms with Crippen molar-refractivity contribution < 1.29 is 0 Å². The topological polar surface area (TPSA) is 81.7 Å². The molecule has 0 saturated carbocycles. The number of hydrazine groups is 1. The Morgan fingerprint density at radius 3 is 2.19 bits per heavy atom. The van der Waals surface area contributed by atoms with Crippen LogP contribution in [0.2, 0.25) is 0 Å². The molecule has 0 saturated heterocycles. The van der Waals surface area contributed by atoms with Gasteiger partial charge in [0.05, 0.1) is 15.9 Å². The van der Waals surface area contributed by atoms with E-state index >= 15 is 0 Å². The van der Waals surface area contributed by atoms with Gasteiger partial charge in [-0.2, -0.15) is 5.10 Å². The highest BCUT2D eigenvalue weighted by Crippen LogP contribution is 2.28. The first-order valence-corrected chi connectivity index (χ1v) is 7.54. The summed E-state index contributed by atoms with van der Waals surface area (Å²) in [5, 5.41) is 4.55. The number of nitrogens with one attached hydrogen (secondary N) is 1. The molecule has 0 radical (unpaired) electrons. The van der Waals surface area contributed by atoms with Crippen LogP contribution < -0.4 is 11.3 Å². The minimum atomic E-state index is -0.179. The summed E-state index contributed by atoms with van der Waals surface area (Å²) < 4.78 is 2.81. The molecule has 0 aromatic carbocycles. The standard InChI is InChI=1S/C14H21BrN6/c1-7-11(19-16)17-13(14(4,5)6)18-12(7)21-9(3)10(15)8(2)20-21/h16H2,1-6H3,(H,17,18,19). The Bertz CT molecular complexity index is 684. The Hall–Kier alpha value is -1.47. The Morgan fingerprint density at radius 1 is 1.14 bits per heavy atom. The number of aryl methyl sites for hydroxylation is 1. The second-order valence-electron chi connectivity index (χ2n) is 6.14. The van der Waals surface area contributed by atoms with Gasteiger partial charge in [-0.1, -0.05) is 20.8 Å². The number of nitrogen functional groups attached to an aromatic ring is 1. The average Bonchev–Trinajstić information content (AvgIpc) is 2.65. The lowest BCUT2D eigenvalue weighted by Crippen LogP contribution is -2.22. The fraction of sp³-hybridized carbons (Fsp3) is 0.500. The number of hydrogen-bond acceptors (Lipinski definition) is 5. The van der Waals surface area contributed by atoms with Crippen molar-refractivity contribution in [2.45, 2.75) is 47.0 Å². The molecular weight excluding hydrogens is 332 g/mol.